The van der Waals surface area contributed by atoms with Crippen LogP contribution in [0.25, 0.3) is 0 Å². The first-order valence-corrected chi connectivity index (χ1v) is 7.95. The van der Waals surface area contributed by atoms with Crippen LogP contribution in [0.15, 0.2) is 24.4 Å². The maximum Gasteiger partial charge on any atom is 0.220 e. The van der Waals surface area contributed by atoms with E-state index in [-0.39, 0.29) is 17.4 Å². The van der Waals surface area contributed by atoms with Gasteiger partial charge in [0.05, 0.1) is 6.10 Å². The number of carbonyl (C=O) groups excluding carboxylic acids is 1. The lowest BCUT2D eigenvalue weighted by atomic mass is 9.73. The third-order valence-corrected chi connectivity index (χ3v) is 4.53. The number of hydrogen-bond acceptors (Lipinski definition) is 3. The molecule has 0 spiro atoms. The molecule has 1 aromatic rings. The van der Waals surface area contributed by atoms with E-state index in [0.29, 0.717) is 13.0 Å². The molecule has 2 atom stereocenters. The number of aliphatic hydroxyl groups is 1. The zero-order valence-electron chi connectivity index (χ0n) is 12.8. The Balaban J connectivity index is 1.67. The van der Waals surface area contributed by atoms with E-state index >= 15 is 0 Å². The van der Waals surface area contributed by atoms with Gasteiger partial charge in [0, 0.05) is 30.3 Å². The van der Waals surface area contributed by atoms with E-state index in [1.807, 2.05) is 18.2 Å². The molecule has 0 saturated heterocycles. The van der Waals surface area contributed by atoms with Gasteiger partial charge < -0.3 is 10.4 Å². The normalized spacial score (nSPS) is 25.5. The number of hydrogen-bond donors (Lipinski definition) is 2. The number of rotatable bonds is 6. The van der Waals surface area contributed by atoms with Gasteiger partial charge in [0.15, 0.2) is 0 Å². The highest BCUT2D eigenvalue weighted by atomic mass is 16.3. The van der Waals surface area contributed by atoms with Gasteiger partial charge in [-0.25, -0.2) is 0 Å². The number of amides is 1. The van der Waals surface area contributed by atoms with E-state index in [0.717, 1.165) is 44.2 Å². The average Bonchev–Trinajstić information content (AvgIpc) is 2.50. The van der Waals surface area contributed by atoms with E-state index in [2.05, 4.69) is 17.2 Å². The fraction of sp³-hybridized carbons (Fsp3) is 0.647. The van der Waals surface area contributed by atoms with Crippen molar-refractivity contribution in [2.75, 3.05) is 6.54 Å². The number of nitrogens with one attached hydrogen (secondary N) is 1. The predicted octanol–water partition coefficient (Wildman–Crippen LogP) is 2.46. The van der Waals surface area contributed by atoms with Crippen molar-refractivity contribution in [1.82, 2.24) is 10.3 Å². The minimum absolute atomic E-state index is 0.0740. The number of nitrogens with zero attached hydrogens (tertiary/aromatic N) is 1. The first kappa shape index (κ1) is 16.0. The van der Waals surface area contributed by atoms with Crippen LogP contribution in [0.4, 0.5) is 0 Å². The Labute approximate surface area is 127 Å². The second-order valence-corrected chi connectivity index (χ2v) is 6.37. The number of aliphatic hydroxyl groups excluding tert-OH is 1. The molecule has 2 rings (SSSR count). The summed E-state index contributed by atoms with van der Waals surface area (Å²) in [5.41, 5.74) is 0.870. The summed E-state index contributed by atoms with van der Waals surface area (Å²) < 4.78 is 0. The summed E-state index contributed by atoms with van der Waals surface area (Å²) in [6, 6.07) is 5.84. The minimum Gasteiger partial charge on any atom is -0.392 e. The van der Waals surface area contributed by atoms with Crippen LogP contribution in [0.2, 0.25) is 0 Å². The minimum atomic E-state index is -0.292. The van der Waals surface area contributed by atoms with Crippen LogP contribution in [0.3, 0.4) is 0 Å². The van der Waals surface area contributed by atoms with E-state index in [1.165, 1.54) is 0 Å². The lowest BCUT2D eigenvalue weighted by molar-refractivity contribution is -0.122. The van der Waals surface area contributed by atoms with Crippen LogP contribution >= 0.6 is 0 Å². The Hall–Kier alpha value is -1.42. The average molecular weight is 290 g/mol. The van der Waals surface area contributed by atoms with Crippen molar-refractivity contribution >= 4 is 5.91 Å². The molecule has 2 N–H and O–H groups in total. The highest BCUT2D eigenvalue weighted by Crippen LogP contribution is 2.35. The Morgan fingerprint density at radius 1 is 1.48 bits per heavy atom. The summed E-state index contributed by atoms with van der Waals surface area (Å²) in [5.74, 6) is 0.0740. The van der Waals surface area contributed by atoms with Crippen molar-refractivity contribution in [3.63, 3.8) is 0 Å². The smallest absolute Gasteiger partial charge is 0.220 e. The Kier molecular flexibility index (Phi) is 5.74. The van der Waals surface area contributed by atoms with Crippen molar-refractivity contribution in [2.24, 2.45) is 5.41 Å². The molecule has 0 unspecified atom stereocenters. The fourth-order valence-corrected chi connectivity index (χ4v) is 2.95. The zero-order chi connectivity index (χ0) is 15.1. The van der Waals surface area contributed by atoms with Gasteiger partial charge in [-0.3, -0.25) is 9.78 Å². The van der Waals surface area contributed by atoms with Gasteiger partial charge in [-0.05, 0) is 37.8 Å². The molecule has 1 aromatic heterocycles. The molecule has 1 heterocycles. The van der Waals surface area contributed by atoms with Crippen LogP contribution in [-0.4, -0.2) is 28.6 Å². The maximum atomic E-state index is 11.9. The quantitative estimate of drug-likeness (QED) is 0.846. The van der Waals surface area contributed by atoms with Gasteiger partial charge >= 0.3 is 0 Å². The third kappa shape index (κ3) is 4.81. The maximum absolute atomic E-state index is 11.9. The highest BCUT2D eigenvalue weighted by Gasteiger charge is 2.35. The summed E-state index contributed by atoms with van der Waals surface area (Å²) in [4.78, 5) is 16.2. The molecule has 116 valence electrons. The summed E-state index contributed by atoms with van der Waals surface area (Å²) in [6.45, 7) is 2.65. The second-order valence-electron chi connectivity index (χ2n) is 6.37. The Morgan fingerprint density at radius 3 is 3.05 bits per heavy atom. The highest BCUT2D eigenvalue weighted by molar-refractivity contribution is 5.75. The van der Waals surface area contributed by atoms with Crippen LogP contribution in [0.5, 0.6) is 0 Å². The fourth-order valence-electron chi connectivity index (χ4n) is 2.95. The molecule has 1 saturated carbocycles. The van der Waals surface area contributed by atoms with Crippen LogP contribution < -0.4 is 5.32 Å². The lowest BCUT2D eigenvalue weighted by Crippen LogP contribution is -2.45. The predicted molar refractivity (Wildman–Crippen MR) is 82.8 cm³/mol. The van der Waals surface area contributed by atoms with Crippen LogP contribution in [-0.2, 0) is 11.2 Å². The van der Waals surface area contributed by atoms with E-state index in [1.54, 1.807) is 6.20 Å². The molecule has 1 amide bonds. The van der Waals surface area contributed by atoms with Gasteiger partial charge in [0.25, 0.3) is 0 Å². The van der Waals surface area contributed by atoms with E-state index in [4.69, 9.17) is 0 Å². The topological polar surface area (TPSA) is 62.2 Å². The first-order chi connectivity index (χ1) is 10.1. The van der Waals surface area contributed by atoms with Crippen LogP contribution in [0, 0.1) is 5.41 Å². The SMILES string of the molecule is C[C@@]1(CNC(=O)CCCc2ccccn2)CCCC[C@H]1O. The largest absolute Gasteiger partial charge is 0.392 e. The molecule has 0 aliphatic heterocycles. The van der Waals surface area contributed by atoms with Crippen molar-refractivity contribution in [2.45, 2.75) is 58.0 Å². The number of aryl methyl sites for hydroxylation is 1. The van der Waals surface area contributed by atoms with Gasteiger partial charge in [0.1, 0.15) is 0 Å². The summed E-state index contributed by atoms with van der Waals surface area (Å²) in [5, 5.41) is 13.1. The molecule has 1 aliphatic rings. The summed E-state index contributed by atoms with van der Waals surface area (Å²) in [7, 11) is 0. The summed E-state index contributed by atoms with van der Waals surface area (Å²) in [6.07, 6.45) is 7.71. The molecule has 0 aromatic carbocycles. The molecule has 1 fully saturated rings. The molecule has 1 aliphatic carbocycles. The molecular weight excluding hydrogens is 264 g/mol. The number of aromatic nitrogens is 1. The van der Waals surface area contributed by atoms with Gasteiger partial charge in [-0.15, -0.1) is 0 Å². The van der Waals surface area contributed by atoms with Gasteiger partial charge in [0.2, 0.25) is 5.91 Å². The molecule has 4 heteroatoms. The Bertz CT molecular complexity index is 449. The molecule has 0 bridgehead atoms. The zero-order valence-corrected chi connectivity index (χ0v) is 12.8. The number of carbonyl (C=O) groups is 1. The van der Waals surface area contributed by atoms with Crippen molar-refractivity contribution in [3.05, 3.63) is 30.1 Å². The molecule has 21 heavy (non-hydrogen) atoms. The Morgan fingerprint density at radius 2 is 2.33 bits per heavy atom. The van der Waals surface area contributed by atoms with E-state index < -0.39 is 0 Å². The summed E-state index contributed by atoms with van der Waals surface area (Å²) >= 11 is 0. The number of pyridine rings is 1. The van der Waals surface area contributed by atoms with E-state index in [9.17, 15) is 9.90 Å². The third-order valence-electron chi connectivity index (χ3n) is 4.53. The monoisotopic (exact) mass is 290 g/mol. The second kappa shape index (κ2) is 7.55. The molecule has 4 nitrogen and oxygen atoms in total. The van der Waals surface area contributed by atoms with Gasteiger partial charge in [-0.2, -0.15) is 0 Å². The van der Waals surface area contributed by atoms with Crippen LogP contribution in [0.1, 0.15) is 51.1 Å². The van der Waals surface area contributed by atoms with Crippen molar-refractivity contribution < 1.29 is 9.90 Å². The molecular formula is C17H26N2O2. The first-order valence-electron chi connectivity index (χ1n) is 7.95. The van der Waals surface area contributed by atoms with Crippen molar-refractivity contribution in [3.8, 4) is 0 Å². The lowest BCUT2D eigenvalue weighted by Gasteiger charge is -2.38. The molecule has 0 radical (unpaired) electrons. The van der Waals surface area contributed by atoms with Crippen molar-refractivity contribution in [1.29, 1.82) is 0 Å². The standard InChI is InChI=1S/C17H26N2O2/c1-17(11-4-2-9-15(17)20)13-19-16(21)10-6-8-14-7-3-5-12-18-14/h3,5,7,12,15,20H,2,4,6,8-11,13H2,1H3,(H,19,21)/t15-,17+/m1/s1. The van der Waals surface area contributed by atoms with Gasteiger partial charge in [-0.1, -0.05) is 25.8 Å².